The number of likely N-dealkylation sites (tertiary alicyclic amines) is 1. The highest BCUT2D eigenvalue weighted by atomic mass is 15.1. The molecular formula is C18H28N2. The van der Waals surface area contributed by atoms with Crippen LogP contribution in [0.3, 0.4) is 0 Å². The first kappa shape index (κ1) is 14.1. The van der Waals surface area contributed by atoms with Gasteiger partial charge in [-0.25, -0.2) is 0 Å². The van der Waals surface area contributed by atoms with E-state index in [0.717, 1.165) is 12.5 Å². The molecule has 2 heteroatoms. The lowest BCUT2D eigenvalue weighted by molar-refractivity contribution is 0.324. The Morgan fingerprint density at radius 2 is 1.85 bits per heavy atom. The molecule has 0 aromatic heterocycles. The van der Waals surface area contributed by atoms with Crippen molar-refractivity contribution in [2.24, 2.45) is 0 Å². The predicted molar refractivity (Wildman–Crippen MR) is 85.1 cm³/mol. The summed E-state index contributed by atoms with van der Waals surface area (Å²) in [5.41, 5.74) is 3.11. The van der Waals surface area contributed by atoms with Crippen LogP contribution in [0, 0.1) is 0 Å². The summed E-state index contributed by atoms with van der Waals surface area (Å²) in [5.74, 6) is 0.730. The maximum absolute atomic E-state index is 3.80. The maximum atomic E-state index is 3.80. The second kappa shape index (κ2) is 6.73. The molecule has 20 heavy (non-hydrogen) atoms. The van der Waals surface area contributed by atoms with Crippen molar-refractivity contribution in [1.82, 2.24) is 10.2 Å². The van der Waals surface area contributed by atoms with E-state index in [1.165, 1.54) is 51.7 Å². The van der Waals surface area contributed by atoms with E-state index in [0.29, 0.717) is 6.04 Å². The van der Waals surface area contributed by atoms with Crippen molar-refractivity contribution in [1.29, 1.82) is 0 Å². The first-order valence-corrected chi connectivity index (χ1v) is 8.39. The van der Waals surface area contributed by atoms with Gasteiger partial charge in [0.25, 0.3) is 0 Å². The second-order valence-corrected chi connectivity index (χ2v) is 6.52. The Morgan fingerprint density at radius 3 is 2.65 bits per heavy atom. The summed E-state index contributed by atoms with van der Waals surface area (Å²) in [5, 5.41) is 3.80. The van der Waals surface area contributed by atoms with Gasteiger partial charge in [-0.1, -0.05) is 31.2 Å². The molecular weight excluding hydrogens is 244 g/mol. The van der Waals surface area contributed by atoms with Crippen LogP contribution in [0.1, 0.15) is 62.1 Å². The molecule has 0 amide bonds. The third-order valence-electron chi connectivity index (χ3n) is 5.03. The Kier molecular flexibility index (Phi) is 4.74. The first-order chi connectivity index (χ1) is 9.84. The molecule has 2 atom stereocenters. The standard InChI is InChI=1S/C18H28N2/c1-15-9-10-18(17-8-3-2-7-16(15)17)19-11-6-14-20-12-4-5-13-20/h2-3,7-8,15,18-19H,4-6,9-14H2,1H3. The van der Waals surface area contributed by atoms with E-state index in [1.54, 1.807) is 11.1 Å². The number of nitrogens with one attached hydrogen (secondary N) is 1. The minimum absolute atomic E-state index is 0.584. The summed E-state index contributed by atoms with van der Waals surface area (Å²) >= 11 is 0. The molecule has 1 saturated heterocycles. The van der Waals surface area contributed by atoms with Crippen molar-refractivity contribution >= 4 is 0 Å². The normalized spacial score (nSPS) is 26.6. The van der Waals surface area contributed by atoms with Crippen molar-refractivity contribution in [3.05, 3.63) is 35.4 Å². The van der Waals surface area contributed by atoms with Crippen LogP contribution in [-0.2, 0) is 0 Å². The van der Waals surface area contributed by atoms with E-state index >= 15 is 0 Å². The summed E-state index contributed by atoms with van der Waals surface area (Å²) in [6.45, 7) is 7.44. The molecule has 1 heterocycles. The fourth-order valence-electron chi connectivity index (χ4n) is 3.80. The SMILES string of the molecule is CC1CCC(NCCCN2CCCC2)c2ccccc21. The smallest absolute Gasteiger partial charge is 0.0323 e. The van der Waals surface area contributed by atoms with Gasteiger partial charge in [-0.05, 0) is 75.3 Å². The minimum atomic E-state index is 0.584. The van der Waals surface area contributed by atoms with Crippen molar-refractivity contribution in [3.8, 4) is 0 Å². The molecule has 2 nitrogen and oxygen atoms in total. The topological polar surface area (TPSA) is 15.3 Å². The van der Waals surface area contributed by atoms with Crippen molar-refractivity contribution in [3.63, 3.8) is 0 Å². The lowest BCUT2D eigenvalue weighted by Gasteiger charge is -2.30. The molecule has 0 radical (unpaired) electrons. The molecule has 1 N–H and O–H groups in total. The molecule has 1 aliphatic carbocycles. The maximum Gasteiger partial charge on any atom is 0.0323 e. The number of fused-ring (bicyclic) bond motifs is 1. The quantitative estimate of drug-likeness (QED) is 0.822. The van der Waals surface area contributed by atoms with E-state index < -0.39 is 0 Å². The number of nitrogens with zero attached hydrogens (tertiary/aromatic N) is 1. The van der Waals surface area contributed by atoms with Crippen LogP contribution in [0.2, 0.25) is 0 Å². The number of hydrogen-bond acceptors (Lipinski definition) is 2. The molecule has 0 bridgehead atoms. The van der Waals surface area contributed by atoms with Crippen LogP contribution in [0.25, 0.3) is 0 Å². The van der Waals surface area contributed by atoms with Gasteiger partial charge >= 0.3 is 0 Å². The zero-order chi connectivity index (χ0) is 13.8. The van der Waals surface area contributed by atoms with Crippen molar-refractivity contribution in [2.75, 3.05) is 26.2 Å². The Labute approximate surface area is 123 Å². The largest absolute Gasteiger partial charge is 0.310 e. The zero-order valence-corrected chi connectivity index (χ0v) is 12.8. The highest BCUT2D eigenvalue weighted by Crippen LogP contribution is 2.36. The van der Waals surface area contributed by atoms with Gasteiger partial charge in [0.2, 0.25) is 0 Å². The Bertz CT molecular complexity index is 423. The first-order valence-electron chi connectivity index (χ1n) is 8.39. The Balaban J connectivity index is 1.49. The van der Waals surface area contributed by atoms with Gasteiger partial charge in [-0.2, -0.15) is 0 Å². The monoisotopic (exact) mass is 272 g/mol. The average molecular weight is 272 g/mol. The van der Waals surface area contributed by atoms with Gasteiger partial charge < -0.3 is 10.2 Å². The third-order valence-corrected chi connectivity index (χ3v) is 5.03. The molecule has 1 fully saturated rings. The lowest BCUT2D eigenvalue weighted by atomic mass is 9.81. The molecule has 0 spiro atoms. The van der Waals surface area contributed by atoms with E-state index in [1.807, 2.05) is 0 Å². The lowest BCUT2D eigenvalue weighted by Crippen LogP contribution is -2.29. The van der Waals surface area contributed by atoms with E-state index in [9.17, 15) is 0 Å². The Hall–Kier alpha value is -0.860. The summed E-state index contributed by atoms with van der Waals surface area (Å²) in [6, 6.07) is 9.60. The molecule has 3 rings (SSSR count). The molecule has 0 saturated carbocycles. The molecule has 2 unspecified atom stereocenters. The minimum Gasteiger partial charge on any atom is -0.310 e. The summed E-state index contributed by atoms with van der Waals surface area (Å²) in [4.78, 5) is 2.61. The van der Waals surface area contributed by atoms with E-state index in [2.05, 4.69) is 41.4 Å². The van der Waals surface area contributed by atoms with Crippen LogP contribution in [0.5, 0.6) is 0 Å². The summed E-state index contributed by atoms with van der Waals surface area (Å²) < 4.78 is 0. The van der Waals surface area contributed by atoms with Gasteiger partial charge in [0.15, 0.2) is 0 Å². The highest BCUT2D eigenvalue weighted by Gasteiger charge is 2.23. The summed E-state index contributed by atoms with van der Waals surface area (Å²) in [6.07, 6.45) is 6.71. The van der Waals surface area contributed by atoms with Gasteiger partial charge in [-0.3, -0.25) is 0 Å². The molecule has 1 aromatic rings. The van der Waals surface area contributed by atoms with Gasteiger partial charge in [0.05, 0.1) is 0 Å². The summed E-state index contributed by atoms with van der Waals surface area (Å²) in [7, 11) is 0. The van der Waals surface area contributed by atoms with Crippen molar-refractivity contribution in [2.45, 2.75) is 51.0 Å². The highest BCUT2D eigenvalue weighted by molar-refractivity contribution is 5.34. The fourth-order valence-corrected chi connectivity index (χ4v) is 3.80. The Morgan fingerprint density at radius 1 is 1.10 bits per heavy atom. The molecule has 1 aliphatic heterocycles. The van der Waals surface area contributed by atoms with Crippen LogP contribution >= 0.6 is 0 Å². The van der Waals surface area contributed by atoms with Crippen LogP contribution in [0.15, 0.2) is 24.3 Å². The van der Waals surface area contributed by atoms with Gasteiger partial charge in [-0.15, -0.1) is 0 Å². The van der Waals surface area contributed by atoms with Crippen LogP contribution in [-0.4, -0.2) is 31.1 Å². The third kappa shape index (κ3) is 3.24. The van der Waals surface area contributed by atoms with E-state index in [4.69, 9.17) is 0 Å². The number of rotatable bonds is 5. The van der Waals surface area contributed by atoms with Gasteiger partial charge in [0, 0.05) is 6.04 Å². The second-order valence-electron chi connectivity index (χ2n) is 6.52. The fraction of sp³-hybridized carbons (Fsp3) is 0.667. The average Bonchev–Trinajstić information content (AvgIpc) is 2.99. The number of hydrogen-bond donors (Lipinski definition) is 1. The predicted octanol–water partition coefficient (Wildman–Crippen LogP) is 3.70. The van der Waals surface area contributed by atoms with E-state index in [-0.39, 0.29) is 0 Å². The van der Waals surface area contributed by atoms with Crippen molar-refractivity contribution < 1.29 is 0 Å². The van der Waals surface area contributed by atoms with Gasteiger partial charge in [0.1, 0.15) is 0 Å². The van der Waals surface area contributed by atoms with Crippen LogP contribution < -0.4 is 5.32 Å². The van der Waals surface area contributed by atoms with Crippen LogP contribution in [0.4, 0.5) is 0 Å². The number of benzene rings is 1. The molecule has 2 aliphatic rings. The molecule has 1 aromatic carbocycles. The molecule has 110 valence electrons. The zero-order valence-electron chi connectivity index (χ0n) is 12.8.